The fourth-order valence-electron chi connectivity index (χ4n) is 2.72. The molecule has 0 fully saturated rings. The number of fused-ring (bicyclic) bond motifs is 1. The van der Waals surface area contributed by atoms with Crippen molar-refractivity contribution in [3.63, 3.8) is 0 Å². The van der Waals surface area contributed by atoms with E-state index in [9.17, 15) is 0 Å². The lowest BCUT2D eigenvalue weighted by atomic mass is 10.1. The predicted molar refractivity (Wildman–Crippen MR) is 93.6 cm³/mol. The van der Waals surface area contributed by atoms with Crippen molar-refractivity contribution in [2.45, 2.75) is 60.2 Å². The molecule has 0 unspecified atom stereocenters. The van der Waals surface area contributed by atoms with E-state index >= 15 is 0 Å². The minimum atomic E-state index is 0.345. The number of rotatable bonds is 6. The molecule has 0 saturated carbocycles. The van der Waals surface area contributed by atoms with E-state index in [-0.39, 0.29) is 0 Å². The van der Waals surface area contributed by atoms with Gasteiger partial charge in [-0.15, -0.1) is 10.2 Å². The molecule has 2 aromatic heterocycles. The van der Waals surface area contributed by atoms with E-state index in [0.717, 1.165) is 23.3 Å². The molecule has 2 heterocycles. The minimum absolute atomic E-state index is 0.345. The molecule has 0 bridgehead atoms. The summed E-state index contributed by atoms with van der Waals surface area (Å²) in [5.74, 6) is 2.30. The van der Waals surface area contributed by atoms with Gasteiger partial charge in [0, 0.05) is 12.5 Å². The molecule has 6 nitrogen and oxygen atoms in total. The van der Waals surface area contributed by atoms with Crippen LogP contribution in [0.2, 0.25) is 0 Å². The van der Waals surface area contributed by atoms with Gasteiger partial charge in [-0.05, 0) is 44.9 Å². The molecule has 3 aromatic rings. The Morgan fingerprint density at radius 1 is 1.12 bits per heavy atom. The number of aromatic amines is 1. The Balaban J connectivity index is 1.81. The molecule has 0 spiro atoms. The van der Waals surface area contributed by atoms with Crippen LogP contribution in [0.1, 0.15) is 49.5 Å². The van der Waals surface area contributed by atoms with Crippen LogP contribution in [0.4, 0.5) is 0 Å². The van der Waals surface area contributed by atoms with Gasteiger partial charge >= 0.3 is 0 Å². The topological polar surface area (TPSA) is 70.8 Å². The van der Waals surface area contributed by atoms with Crippen LogP contribution in [0.5, 0.6) is 0 Å². The zero-order valence-corrected chi connectivity index (χ0v) is 15.1. The molecule has 0 saturated heterocycles. The van der Waals surface area contributed by atoms with E-state index in [0.29, 0.717) is 30.9 Å². The molecule has 24 heavy (non-hydrogen) atoms. The summed E-state index contributed by atoms with van der Waals surface area (Å²) in [5, 5.41) is 8.17. The first-order chi connectivity index (χ1) is 11.5. The van der Waals surface area contributed by atoms with Crippen molar-refractivity contribution >= 4 is 11.0 Å². The number of hydrogen-bond acceptors (Lipinski definition) is 5. The number of aryl methyl sites for hydroxylation is 3. The van der Waals surface area contributed by atoms with Gasteiger partial charge < -0.3 is 9.40 Å². The Bertz CT molecular complexity index is 833. The molecule has 3 rings (SSSR count). The largest absolute Gasteiger partial charge is 0.424 e. The predicted octanol–water partition coefficient (Wildman–Crippen LogP) is 3.54. The zero-order valence-electron chi connectivity index (χ0n) is 15.1. The van der Waals surface area contributed by atoms with Gasteiger partial charge in [-0.1, -0.05) is 13.0 Å². The molecule has 0 atom stereocenters. The second-order valence-electron chi connectivity index (χ2n) is 6.53. The first kappa shape index (κ1) is 16.6. The summed E-state index contributed by atoms with van der Waals surface area (Å²) in [6.07, 6.45) is 0.761. The van der Waals surface area contributed by atoms with Crippen LogP contribution in [-0.4, -0.2) is 31.1 Å². The molecule has 1 aromatic carbocycles. The van der Waals surface area contributed by atoms with Crippen molar-refractivity contribution in [1.29, 1.82) is 0 Å². The molecular formula is C18H25N5O. The Hall–Kier alpha value is -2.21. The maximum Gasteiger partial charge on any atom is 0.230 e. The van der Waals surface area contributed by atoms with E-state index in [1.807, 2.05) is 6.92 Å². The van der Waals surface area contributed by atoms with Crippen LogP contribution in [0.25, 0.3) is 11.0 Å². The van der Waals surface area contributed by atoms with Crippen molar-refractivity contribution in [2.75, 3.05) is 0 Å². The summed E-state index contributed by atoms with van der Waals surface area (Å²) in [5.41, 5.74) is 4.64. The number of imidazole rings is 1. The molecule has 0 aliphatic heterocycles. The van der Waals surface area contributed by atoms with Crippen molar-refractivity contribution in [3.05, 3.63) is 40.9 Å². The summed E-state index contributed by atoms with van der Waals surface area (Å²) >= 11 is 0. The highest BCUT2D eigenvalue weighted by Gasteiger charge is 2.17. The van der Waals surface area contributed by atoms with E-state index in [4.69, 9.17) is 9.40 Å². The first-order valence-corrected chi connectivity index (χ1v) is 8.48. The first-order valence-electron chi connectivity index (χ1n) is 8.48. The van der Waals surface area contributed by atoms with Gasteiger partial charge in [0.05, 0.1) is 24.1 Å². The lowest BCUT2D eigenvalue weighted by molar-refractivity contribution is 0.179. The number of nitrogens with zero attached hydrogens (tertiary/aromatic N) is 4. The highest BCUT2D eigenvalue weighted by Crippen LogP contribution is 2.20. The Kier molecular flexibility index (Phi) is 4.66. The Labute approximate surface area is 142 Å². The quantitative estimate of drug-likeness (QED) is 0.750. The van der Waals surface area contributed by atoms with Gasteiger partial charge in [0.15, 0.2) is 0 Å². The fraction of sp³-hybridized carbons (Fsp3) is 0.500. The van der Waals surface area contributed by atoms with Gasteiger partial charge in [-0.3, -0.25) is 4.90 Å². The van der Waals surface area contributed by atoms with Crippen LogP contribution in [0, 0.1) is 13.8 Å². The average molecular weight is 327 g/mol. The Morgan fingerprint density at radius 3 is 2.54 bits per heavy atom. The van der Waals surface area contributed by atoms with Gasteiger partial charge in [-0.25, -0.2) is 4.98 Å². The smallest absolute Gasteiger partial charge is 0.230 e. The normalized spacial score (nSPS) is 12.0. The van der Waals surface area contributed by atoms with E-state index < -0.39 is 0 Å². The standard InChI is InChI=1S/C18H25N5O/c1-6-16-21-22-17(24-16)10-23(11(2)3)9-15-19-14-8-7-12(4)13(5)18(14)20-15/h7-8,11H,6,9-10H2,1-5H3,(H,19,20). The molecular weight excluding hydrogens is 302 g/mol. The molecule has 1 N–H and O–H groups in total. The maximum atomic E-state index is 5.65. The minimum Gasteiger partial charge on any atom is -0.424 e. The molecule has 0 aliphatic rings. The summed E-state index contributed by atoms with van der Waals surface area (Å²) in [6, 6.07) is 4.57. The lowest BCUT2D eigenvalue weighted by Crippen LogP contribution is -2.30. The molecule has 0 radical (unpaired) electrons. The van der Waals surface area contributed by atoms with Crippen LogP contribution in [0.3, 0.4) is 0 Å². The lowest BCUT2D eigenvalue weighted by Gasteiger charge is -2.23. The van der Waals surface area contributed by atoms with Crippen molar-refractivity contribution in [3.8, 4) is 0 Å². The highest BCUT2D eigenvalue weighted by molar-refractivity contribution is 5.79. The summed E-state index contributed by atoms with van der Waals surface area (Å²) in [4.78, 5) is 10.5. The number of hydrogen-bond donors (Lipinski definition) is 1. The summed E-state index contributed by atoms with van der Waals surface area (Å²) < 4.78 is 5.65. The third-order valence-electron chi connectivity index (χ3n) is 4.46. The van der Waals surface area contributed by atoms with Crippen LogP contribution >= 0.6 is 0 Å². The fourth-order valence-corrected chi connectivity index (χ4v) is 2.72. The van der Waals surface area contributed by atoms with Gasteiger partial charge in [0.25, 0.3) is 0 Å². The number of H-pyrrole nitrogens is 1. The van der Waals surface area contributed by atoms with E-state index in [2.05, 4.69) is 59.9 Å². The second kappa shape index (κ2) is 6.73. The summed E-state index contributed by atoms with van der Waals surface area (Å²) in [7, 11) is 0. The molecule has 0 amide bonds. The van der Waals surface area contributed by atoms with Crippen LogP contribution in [0.15, 0.2) is 16.5 Å². The molecule has 0 aliphatic carbocycles. The van der Waals surface area contributed by atoms with Crippen molar-refractivity contribution in [2.24, 2.45) is 0 Å². The van der Waals surface area contributed by atoms with Gasteiger partial charge in [0.2, 0.25) is 11.8 Å². The number of benzene rings is 1. The zero-order chi connectivity index (χ0) is 17.3. The van der Waals surface area contributed by atoms with Crippen molar-refractivity contribution in [1.82, 2.24) is 25.1 Å². The maximum absolute atomic E-state index is 5.65. The highest BCUT2D eigenvalue weighted by atomic mass is 16.4. The summed E-state index contributed by atoms with van der Waals surface area (Å²) in [6.45, 7) is 11.9. The third kappa shape index (κ3) is 3.33. The second-order valence-corrected chi connectivity index (χ2v) is 6.53. The monoisotopic (exact) mass is 327 g/mol. The van der Waals surface area contributed by atoms with E-state index in [1.54, 1.807) is 0 Å². The Morgan fingerprint density at radius 2 is 1.88 bits per heavy atom. The average Bonchev–Trinajstić information content (AvgIpc) is 3.17. The number of nitrogens with one attached hydrogen (secondary N) is 1. The molecule has 6 heteroatoms. The van der Waals surface area contributed by atoms with Crippen LogP contribution < -0.4 is 0 Å². The van der Waals surface area contributed by atoms with Crippen LogP contribution in [-0.2, 0) is 19.5 Å². The van der Waals surface area contributed by atoms with Gasteiger partial charge in [0.1, 0.15) is 5.82 Å². The SMILES string of the molecule is CCc1nnc(CN(Cc2nc3c(C)c(C)ccc3[nH]2)C(C)C)o1. The number of aromatic nitrogens is 4. The van der Waals surface area contributed by atoms with Gasteiger partial charge in [-0.2, -0.15) is 0 Å². The molecule has 128 valence electrons. The van der Waals surface area contributed by atoms with Crippen molar-refractivity contribution < 1.29 is 4.42 Å². The van der Waals surface area contributed by atoms with E-state index in [1.165, 1.54) is 11.1 Å². The third-order valence-corrected chi connectivity index (χ3v) is 4.46.